The maximum absolute atomic E-state index is 14.0. The molecule has 2 aromatic heterocycles. The molecule has 0 bridgehead atoms. The molecule has 1 fully saturated rings. The topological polar surface area (TPSA) is 46.1 Å². The summed E-state index contributed by atoms with van der Waals surface area (Å²) < 4.78 is 55.0. The van der Waals surface area contributed by atoms with Gasteiger partial charge in [-0.25, -0.2) is 14.4 Å². The number of rotatable bonds is 1. The molecule has 0 unspecified atom stereocenters. The molecule has 24 heavy (non-hydrogen) atoms. The number of carbonyl (C=O) groups excluding carboxylic acids is 1. The lowest BCUT2D eigenvalue weighted by Crippen LogP contribution is -2.29. The van der Waals surface area contributed by atoms with Crippen molar-refractivity contribution in [2.45, 2.75) is 24.6 Å². The van der Waals surface area contributed by atoms with Crippen LogP contribution in [-0.2, 0) is 11.7 Å². The Morgan fingerprint density at radius 1 is 1.38 bits per heavy atom. The average molecular weight is 378 g/mol. The molecule has 0 N–H and O–H groups in total. The largest absolute Gasteiger partial charge is 0.418 e. The molecule has 0 atom stereocenters. The van der Waals surface area contributed by atoms with E-state index in [0.29, 0.717) is 17.7 Å². The summed E-state index contributed by atoms with van der Waals surface area (Å²) in [5.41, 5.74) is -2.76. The second-order valence-electron chi connectivity index (χ2n) is 5.74. The van der Waals surface area contributed by atoms with E-state index in [1.807, 2.05) is 0 Å². The Morgan fingerprint density at radius 2 is 2.04 bits per heavy atom. The van der Waals surface area contributed by atoms with Crippen molar-refractivity contribution >= 4 is 28.8 Å². The molecule has 1 amide bonds. The number of nitrogens with zero attached hydrogens (tertiary/aromatic N) is 3. The van der Waals surface area contributed by atoms with Crippen LogP contribution in [0.15, 0.2) is 6.20 Å². The van der Waals surface area contributed by atoms with Crippen LogP contribution in [0.25, 0.3) is 10.6 Å². The van der Waals surface area contributed by atoms with Crippen LogP contribution >= 0.6 is 22.9 Å². The van der Waals surface area contributed by atoms with Gasteiger partial charge in [-0.15, -0.1) is 11.3 Å². The third-order valence-electron chi connectivity index (χ3n) is 4.43. The Hall–Kier alpha value is -1.74. The number of aromatic nitrogens is 2. The quantitative estimate of drug-likeness (QED) is 0.555. The highest BCUT2D eigenvalue weighted by molar-refractivity contribution is 7.16. The van der Waals surface area contributed by atoms with E-state index < -0.39 is 45.1 Å². The zero-order valence-electron chi connectivity index (χ0n) is 12.0. The molecule has 126 valence electrons. The maximum Gasteiger partial charge on any atom is 0.418 e. The first-order valence-corrected chi connectivity index (χ1v) is 8.07. The van der Waals surface area contributed by atoms with Crippen LogP contribution in [0.5, 0.6) is 0 Å². The lowest BCUT2D eigenvalue weighted by molar-refractivity contribution is -0.137. The van der Waals surface area contributed by atoms with Crippen molar-refractivity contribution < 1.29 is 22.4 Å². The number of carbonyl (C=O) groups is 1. The van der Waals surface area contributed by atoms with Crippen LogP contribution in [0, 0.1) is 5.82 Å². The lowest BCUT2D eigenvalue weighted by atomic mass is 10.1. The van der Waals surface area contributed by atoms with Crippen molar-refractivity contribution in [3.8, 4) is 10.6 Å². The van der Waals surface area contributed by atoms with Crippen molar-refractivity contribution in [1.82, 2.24) is 14.9 Å². The summed E-state index contributed by atoms with van der Waals surface area (Å²) in [6.07, 6.45) is -2.92. The van der Waals surface area contributed by atoms with Crippen molar-refractivity contribution in [3.05, 3.63) is 33.3 Å². The molecule has 4 rings (SSSR count). The van der Waals surface area contributed by atoms with E-state index in [1.54, 1.807) is 0 Å². The standard InChI is InChI=1S/C14H8ClF4N3OS/c1-22-11(23)6-7(14(17,18)19)9(24-10(6)13(22)2-3-13)8-5(16)4-20-12(15)21-8/h4H,2-3H2,1H3. The highest BCUT2D eigenvalue weighted by Crippen LogP contribution is 2.62. The molecule has 0 aromatic carbocycles. The van der Waals surface area contributed by atoms with Gasteiger partial charge in [-0.05, 0) is 24.4 Å². The average Bonchev–Trinajstić information content (AvgIpc) is 3.16. The van der Waals surface area contributed by atoms with Crippen molar-refractivity contribution in [3.63, 3.8) is 0 Å². The number of fused-ring (bicyclic) bond motifs is 2. The lowest BCUT2D eigenvalue weighted by Gasteiger charge is -2.19. The molecular formula is C14H8ClF4N3OS. The van der Waals surface area contributed by atoms with E-state index in [9.17, 15) is 22.4 Å². The minimum Gasteiger partial charge on any atom is -0.331 e. The fourth-order valence-electron chi connectivity index (χ4n) is 3.10. The Bertz CT molecular complexity index is 891. The van der Waals surface area contributed by atoms with Gasteiger partial charge in [0.1, 0.15) is 5.69 Å². The number of halogens is 5. The molecule has 1 aliphatic heterocycles. The van der Waals surface area contributed by atoms with Gasteiger partial charge in [0.2, 0.25) is 5.28 Å². The van der Waals surface area contributed by atoms with E-state index in [4.69, 9.17) is 11.6 Å². The molecule has 2 aliphatic rings. The van der Waals surface area contributed by atoms with Gasteiger partial charge in [-0.3, -0.25) is 4.79 Å². The smallest absolute Gasteiger partial charge is 0.331 e. The van der Waals surface area contributed by atoms with Gasteiger partial charge >= 0.3 is 6.18 Å². The second kappa shape index (κ2) is 4.66. The molecule has 4 nitrogen and oxygen atoms in total. The number of hydrogen-bond donors (Lipinski definition) is 0. The van der Waals surface area contributed by atoms with E-state index in [0.717, 1.165) is 17.5 Å². The molecular weight excluding hydrogens is 370 g/mol. The van der Waals surface area contributed by atoms with Gasteiger partial charge < -0.3 is 4.90 Å². The number of alkyl halides is 3. The first-order chi connectivity index (χ1) is 11.2. The highest BCUT2D eigenvalue weighted by atomic mass is 35.5. The predicted octanol–water partition coefficient (Wildman–Crippen LogP) is 4.09. The molecule has 10 heteroatoms. The monoisotopic (exact) mass is 377 g/mol. The van der Waals surface area contributed by atoms with E-state index in [2.05, 4.69) is 9.97 Å². The molecule has 1 aliphatic carbocycles. The number of hydrogen-bond acceptors (Lipinski definition) is 4. The van der Waals surface area contributed by atoms with Crippen molar-refractivity contribution in [1.29, 1.82) is 0 Å². The Balaban J connectivity index is 2.04. The summed E-state index contributed by atoms with van der Waals surface area (Å²) in [5.74, 6) is -1.71. The van der Waals surface area contributed by atoms with Crippen LogP contribution < -0.4 is 0 Å². The van der Waals surface area contributed by atoms with Crippen LogP contribution in [-0.4, -0.2) is 27.8 Å². The van der Waals surface area contributed by atoms with Crippen LogP contribution in [0.3, 0.4) is 0 Å². The van der Waals surface area contributed by atoms with Crippen molar-refractivity contribution in [2.24, 2.45) is 0 Å². The number of thiophene rings is 1. The van der Waals surface area contributed by atoms with Gasteiger partial charge in [0.05, 0.1) is 27.7 Å². The minimum atomic E-state index is -4.82. The summed E-state index contributed by atoms with van der Waals surface area (Å²) >= 11 is 6.36. The third kappa shape index (κ3) is 1.94. The van der Waals surface area contributed by atoms with Gasteiger partial charge in [-0.2, -0.15) is 13.2 Å². The van der Waals surface area contributed by atoms with Gasteiger partial charge in [-0.1, -0.05) is 0 Å². The zero-order chi connectivity index (χ0) is 17.4. The molecule has 1 saturated carbocycles. The first-order valence-electron chi connectivity index (χ1n) is 6.88. The van der Waals surface area contributed by atoms with Crippen LogP contribution in [0.4, 0.5) is 17.6 Å². The zero-order valence-corrected chi connectivity index (χ0v) is 13.6. The molecule has 0 saturated heterocycles. The Kier molecular flexibility index (Phi) is 3.06. The van der Waals surface area contributed by atoms with Crippen molar-refractivity contribution in [2.75, 3.05) is 7.05 Å². The summed E-state index contributed by atoms with van der Waals surface area (Å²) in [5, 5.41) is -0.363. The molecule has 0 radical (unpaired) electrons. The fraction of sp³-hybridized carbons (Fsp3) is 0.357. The second-order valence-corrected chi connectivity index (χ2v) is 7.10. The van der Waals surface area contributed by atoms with E-state index >= 15 is 0 Å². The summed E-state index contributed by atoms with van der Waals surface area (Å²) in [4.78, 5) is 20.7. The third-order valence-corrected chi connectivity index (χ3v) is 6.00. The Morgan fingerprint density at radius 3 is 2.62 bits per heavy atom. The number of amides is 1. The SMILES string of the molecule is CN1C(=O)c2c(sc(-c3nc(Cl)ncc3F)c2C(F)(F)F)C12CC2. The maximum atomic E-state index is 14.0. The van der Waals surface area contributed by atoms with Gasteiger partial charge in [0, 0.05) is 11.9 Å². The molecule has 1 spiro atoms. The van der Waals surface area contributed by atoms with Gasteiger partial charge in [0.25, 0.3) is 5.91 Å². The summed E-state index contributed by atoms with van der Waals surface area (Å²) in [6, 6.07) is 0. The normalized spacial score (nSPS) is 18.4. The summed E-state index contributed by atoms with van der Waals surface area (Å²) in [7, 11) is 1.49. The van der Waals surface area contributed by atoms with Crippen LogP contribution in [0.1, 0.15) is 33.6 Å². The molecule has 2 aromatic rings. The first kappa shape index (κ1) is 15.8. The fourth-order valence-corrected chi connectivity index (χ4v) is 4.82. The van der Waals surface area contributed by atoms with Gasteiger partial charge in [0.15, 0.2) is 5.82 Å². The minimum absolute atomic E-state index is 0.325. The Labute approximate surface area is 142 Å². The van der Waals surface area contributed by atoms with E-state index in [1.165, 1.54) is 11.9 Å². The predicted molar refractivity (Wildman–Crippen MR) is 78.3 cm³/mol. The highest BCUT2D eigenvalue weighted by Gasteiger charge is 2.61. The van der Waals surface area contributed by atoms with E-state index in [-0.39, 0.29) is 5.28 Å². The summed E-state index contributed by atoms with van der Waals surface area (Å²) in [6.45, 7) is 0. The molecule has 3 heterocycles. The van der Waals surface area contributed by atoms with Crippen LogP contribution in [0.2, 0.25) is 5.28 Å².